The molecule has 0 spiro atoms. The van der Waals surface area contributed by atoms with Gasteiger partial charge in [0.25, 0.3) is 0 Å². The van der Waals surface area contributed by atoms with Crippen LogP contribution in [-0.2, 0) is 0 Å². The minimum atomic E-state index is -1.03. The van der Waals surface area contributed by atoms with E-state index in [4.69, 9.17) is 17.3 Å². The molecule has 0 saturated heterocycles. The summed E-state index contributed by atoms with van der Waals surface area (Å²) in [5.74, 6) is -1.03. The number of nitrogens with zero attached hydrogens (tertiary/aromatic N) is 1. The fraction of sp³-hybridized carbons (Fsp3) is 0.500. The van der Waals surface area contributed by atoms with E-state index in [1.807, 2.05) is 18.9 Å². The first-order chi connectivity index (χ1) is 8.55. The van der Waals surface area contributed by atoms with Gasteiger partial charge in [-0.25, -0.2) is 4.79 Å². The van der Waals surface area contributed by atoms with Crippen LogP contribution < -0.4 is 10.6 Å². The first-order valence-corrected chi connectivity index (χ1v) is 6.48. The molecular formula is C14H21ClN2O2. The highest BCUT2D eigenvalue weighted by molar-refractivity contribution is 6.34. The lowest BCUT2D eigenvalue weighted by Gasteiger charge is -2.38. The van der Waals surface area contributed by atoms with Crippen LogP contribution in [0.4, 0.5) is 11.4 Å². The Balaban J connectivity index is 3.37. The van der Waals surface area contributed by atoms with Crippen molar-refractivity contribution in [2.24, 2.45) is 5.41 Å². The van der Waals surface area contributed by atoms with E-state index in [9.17, 15) is 9.90 Å². The van der Waals surface area contributed by atoms with Crippen LogP contribution in [-0.4, -0.2) is 24.2 Å². The maximum atomic E-state index is 11.4. The lowest BCUT2D eigenvalue weighted by atomic mass is 9.86. The number of nitrogen functional groups attached to an aromatic ring is 1. The van der Waals surface area contributed by atoms with Crippen LogP contribution >= 0.6 is 11.6 Å². The number of carbonyl (C=O) groups is 1. The third kappa shape index (κ3) is 3.32. The molecule has 0 aliphatic rings. The molecule has 5 heteroatoms. The maximum absolute atomic E-state index is 11.4. The molecule has 0 fully saturated rings. The van der Waals surface area contributed by atoms with Crippen LogP contribution in [0.2, 0.25) is 5.02 Å². The predicted molar refractivity (Wildman–Crippen MR) is 80.1 cm³/mol. The number of carboxylic acid groups (broad SMARTS) is 1. The molecule has 1 rings (SSSR count). The van der Waals surface area contributed by atoms with Crippen molar-refractivity contribution in [3.05, 3.63) is 22.7 Å². The number of nitrogens with two attached hydrogens (primary N) is 1. The Bertz CT molecular complexity index is 495. The summed E-state index contributed by atoms with van der Waals surface area (Å²) >= 11 is 6.18. The second-order valence-corrected chi connectivity index (χ2v) is 6.26. The van der Waals surface area contributed by atoms with Gasteiger partial charge in [-0.1, -0.05) is 32.4 Å². The summed E-state index contributed by atoms with van der Waals surface area (Å²) < 4.78 is 0. The molecule has 0 aromatic heterocycles. The van der Waals surface area contributed by atoms with Gasteiger partial charge < -0.3 is 15.7 Å². The summed E-state index contributed by atoms with van der Waals surface area (Å²) in [5, 5.41) is 9.66. The maximum Gasteiger partial charge on any atom is 0.337 e. The molecule has 0 saturated carbocycles. The quantitative estimate of drug-likeness (QED) is 0.834. The van der Waals surface area contributed by atoms with Gasteiger partial charge in [-0.3, -0.25) is 0 Å². The molecule has 4 nitrogen and oxygen atoms in total. The third-order valence-corrected chi connectivity index (χ3v) is 3.79. The number of aromatic carboxylic acids is 1. The van der Waals surface area contributed by atoms with Gasteiger partial charge in [0.2, 0.25) is 0 Å². The van der Waals surface area contributed by atoms with E-state index in [1.54, 1.807) is 6.07 Å². The number of anilines is 2. The number of benzene rings is 1. The van der Waals surface area contributed by atoms with Gasteiger partial charge in [0.15, 0.2) is 0 Å². The van der Waals surface area contributed by atoms with Crippen molar-refractivity contribution in [2.75, 3.05) is 17.7 Å². The Morgan fingerprint density at radius 2 is 1.95 bits per heavy atom. The minimum absolute atomic E-state index is 0.00472. The smallest absolute Gasteiger partial charge is 0.337 e. The largest absolute Gasteiger partial charge is 0.478 e. The highest BCUT2D eigenvalue weighted by atomic mass is 35.5. The van der Waals surface area contributed by atoms with Crippen LogP contribution in [0, 0.1) is 5.41 Å². The first-order valence-electron chi connectivity index (χ1n) is 6.11. The molecule has 1 aromatic carbocycles. The molecule has 0 bridgehead atoms. The number of halogens is 1. The van der Waals surface area contributed by atoms with E-state index in [0.717, 1.165) is 0 Å². The predicted octanol–water partition coefficient (Wildman–Crippen LogP) is 3.49. The second kappa shape index (κ2) is 5.29. The second-order valence-electron chi connectivity index (χ2n) is 5.86. The molecule has 1 aromatic rings. The molecule has 0 aliphatic heterocycles. The number of carboxylic acids is 1. The van der Waals surface area contributed by atoms with Crippen molar-refractivity contribution in [2.45, 2.75) is 33.7 Å². The molecule has 0 amide bonds. The van der Waals surface area contributed by atoms with E-state index in [1.165, 1.54) is 6.07 Å². The summed E-state index contributed by atoms with van der Waals surface area (Å²) in [5.41, 5.74) is 6.64. The van der Waals surface area contributed by atoms with Crippen molar-refractivity contribution in [3.8, 4) is 0 Å². The van der Waals surface area contributed by atoms with Gasteiger partial charge in [-0.2, -0.15) is 0 Å². The monoisotopic (exact) mass is 284 g/mol. The molecule has 19 heavy (non-hydrogen) atoms. The molecule has 3 N–H and O–H groups in total. The van der Waals surface area contributed by atoms with Gasteiger partial charge in [-0.05, 0) is 24.5 Å². The standard InChI is InChI=1S/C14H21ClN2O2/c1-8(14(2,3)4)17(5)12-10(13(18)19)6-9(16)7-11(12)15/h6-8H,16H2,1-5H3,(H,18,19). The van der Waals surface area contributed by atoms with Crippen LogP contribution in [0.15, 0.2) is 12.1 Å². The number of rotatable bonds is 3. The fourth-order valence-electron chi connectivity index (χ4n) is 1.92. The fourth-order valence-corrected chi connectivity index (χ4v) is 2.28. The summed E-state index contributed by atoms with van der Waals surface area (Å²) in [6, 6.07) is 3.14. The lowest BCUT2D eigenvalue weighted by Crippen LogP contribution is -2.40. The average Bonchev–Trinajstić information content (AvgIpc) is 2.24. The highest BCUT2D eigenvalue weighted by Crippen LogP contribution is 2.36. The topological polar surface area (TPSA) is 66.6 Å². The normalized spacial score (nSPS) is 13.2. The molecule has 1 atom stereocenters. The molecule has 106 valence electrons. The summed E-state index contributed by atoms with van der Waals surface area (Å²) in [4.78, 5) is 13.3. The summed E-state index contributed by atoms with van der Waals surface area (Å²) in [7, 11) is 1.85. The summed E-state index contributed by atoms with van der Waals surface area (Å²) in [6.45, 7) is 8.33. The molecule has 0 radical (unpaired) electrons. The number of hydrogen-bond donors (Lipinski definition) is 2. The van der Waals surface area contributed by atoms with Crippen LogP contribution in [0.25, 0.3) is 0 Å². The van der Waals surface area contributed by atoms with Gasteiger partial charge >= 0.3 is 5.97 Å². The third-order valence-electron chi connectivity index (χ3n) is 3.50. The van der Waals surface area contributed by atoms with Crippen molar-refractivity contribution in [3.63, 3.8) is 0 Å². The number of hydrogen-bond acceptors (Lipinski definition) is 3. The molecule has 0 heterocycles. The van der Waals surface area contributed by atoms with Gasteiger partial charge in [0.1, 0.15) is 0 Å². The zero-order valence-corrected chi connectivity index (χ0v) is 12.7. The highest BCUT2D eigenvalue weighted by Gasteiger charge is 2.28. The van der Waals surface area contributed by atoms with E-state index in [0.29, 0.717) is 16.4 Å². The van der Waals surface area contributed by atoms with Crippen LogP contribution in [0.5, 0.6) is 0 Å². The van der Waals surface area contributed by atoms with Gasteiger partial charge in [0.05, 0.1) is 16.3 Å². The van der Waals surface area contributed by atoms with Crippen molar-refractivity contribution in [1.82, 2.24) is 0 Å². The Kier molecular flexibility index (Phi) is 4.35. The first kappa shape index (κ1) is 15.6. The van der Waals surface area contributed by atoms with Crippen molar-refractivity contribution < 1.29 is 9.90 Å². The lowest BCUT2D eigenvalue weighted by molar-refractivity contribution is 0.0697. The average molecular weight is 285 g/mol. The van der Waals surface area contributed by atoms with Crippen molar-refractivity contribution in [1.29, 1.82) is 0 Å². The van der Waals surface area contributed by atoms with E-state index >= 15 is 0 Å². The molecular weight excluding hydrogens is 264 g/mol. The van der Waals surface area contributed by atoms with Crippen LogP contribution in [0.3, 0.4) is 0 Å². The van der Waals surface area contributed by atoms with E-state index in [-0.39, 0.29) is 17.0 Å². The zero-order valence-electron chi connectivity index (χ0n) is 12.0. The van der Waals surface area contributed by atoms with E-state index < -0.39 is 5.97 Å². The Morgan fingerprint density at radius 1 is 1.42 bits per heavy atom. The van der Waals surface area contributed by atoms with E-state index in [2.05, 4.69) is 20.8 Å². The van der Waals surface area contributed by atoms with Gasteiger partial charge in [-0.15, -0.1) is 0 Å². The Hall–Kier alpha value is -1.42. The Morgan fingerprint density at radius 3 is 2.37 bits per heavy atom. The molecule has 1 unspecified atom stereocenters. The SMILES string of the molecule is CC(N(C)c1c(Cl)cc(N)cc1C(=O)O)C(C)(C)C. The van der Waals surface area contributed by atoms with Crippen LogP contribution in [0.1, 0.15) is 38.1 Å². The minimum Gasteiger partial charge on any atom is -0.478 e. The summed E-state index contributed by atoms with van der Waals surface area (Å²) in [6.07, 6.45) is 0. The van der Waals surface area contributed by atoms with Gasteiger partial charge in [0, 0.05) is 18.8 Å². The van der Waals surface area contributed by atoms with Crippen molar-refractivity contribution >= 4 is 28.9 Å². The molecule has 0 aliphatic carbocycles. The zero-order chi connectivity index (χ0) is 15.0. The Labute approximate surface area is 119 Å².